The Balaban J connectivity index is 2.95. The number of carbonyl (C=O) groups is 1. The van der Waals surface area contributed by atoms with Gasteiger partial charge in [0.15, 0.2) is 5.78 Å². The number of carbonyl (C=O) groups excluding carboxylic acids is 1. The number of alkyl halides is 1. The van der Waals surface area contributed by atoms with Gasteiger partial charge in [-0.25, -0.2) is 0 Å². The van der Waals surface area contributed by atoms with E-state index in [9.17, 15) is 4.79 Å². The molecule has 1 rings (SSSR count). The summed E-state index contributed by atoms with van der Waals surface area (Å²) in [5, 5.41) is 0.720. The molecule has 1 nitrogen and oxygen atoms in total. The maximum Gasteiger partial charge on any atom is 0.164 e. The number of rotatable bonds is 3. The number of hydrogen-bond acceptors (Lipinski definition) is 1. The van der Waals surface area contributed by atoms with E-state index in [0.717, 1.165) is 18.9 Å². The van der Waals surface area contributed by atoms with Gasteiger partial charge in [0.05, 0.1) is 0 Å². The molecular weight excluding hydrogens is 411 g/mol. The van der Waals surface area contributed by atoms with Gasteiger partial charge in [-0.05, 0) is 40.8 Å². The Morgan fingerprint density at radius 3 is 2.69 bits per heavy atom. The fourth-order valence-corrected chi connectivity index (χ4v) is 2.90. The number of hydrogen-bond donors (Lipinski definition) is 0. The first-order valence-corrected chi connectivity index (χ1v) is 6.68. The summed E-state index contributed by atoms with van der Waals surface area (Å²) in [5.41, 5.74) is 0.809. The Morgan fingerprint density at radius 1 is 1.46 bits per heavy atom. The molecule has 0 heterocycles. The maximum atomic E-state index is 11.5. The summed E-state index contributed by atoms with van der Waals surface area (Å²) in [5.74, 6) is 0.189. The lowest BCUT2D eigenvalue weighted by atomic mass is 10.1. The second-order valence-electron chi connectivity index (χ2n) is 2.49. The van der Waals surface area contributed by atoms with E-state index in [-0.39, 0.29) is 5.78 Å². The normalized spacial score (nSPS) is 10.1. The fourth-order valence-electron chi connectivity index (χ4n) is 0.936. The predicted octanol–water partition coefficient (Wildman–Crippen LogP) is 4.02. The van der Waals surface area contributed by atoms with Crippen LogP contribution in [0.15, 0.2) is 22.7 Å². The molecule has 0 radical (unpaired) electrons. The van der Waals surface area contributed by atoms with Crippen molar-refractivity contribution in [3.8, 4) is 0 Å². The molecule has 0 aliphatic carbocycles. The predicted molar refractivity (Wildman–Crippen MR) is 69.6 cm³/mol. The highest BCUT2D eigenvalue weighted by atomic mass is 127. The van der Waals surface area contributed by atoms with Crippen molar-refractivity contribution in [1.82, 2.24) is 0 Å². The van der Waals surface area contributed by atoms with Gasteiger partial charge in [-0.15, -0.1) is 0 Å². The monoisotopic (exact) mass is 416 g/mol. The van der Waals surface area contributed by atoms with Crippen LogP contribution < -0.4 is 0 Å². The number of benzene rings is 1. The summed E-state index contributed by atoms with van der Waals surface area (Å²) in [6.07, 6.45) is 0.553. The van der Waals surface area contributed by atoms with E-state index < -0.39 is 0 Å². The van der Waals surface area contributed by atoms with Crippen LogP contribution in [0.2, 0.25) is 0 Å². The van der Waals surface area contributed by atoms with Gasteiger partial charge in [-0.2, -0.15) is 0 Å². The van der Waals surface area contributed by atoms with Crippen molar-refractivity contribution in [1.29, 1.82) is 0 Å². The van der Waals surface area contributed by atoms with Crippen LogP contribution in [0.25, 0.3) is 0 Å². The van der Waals surface area contributed by atoms with Gasteiger partial charge in [0.1, 0.15) is 0 Å². The first-order chi connectivity index (χ1) is 6.15. The van der Waals surface area contributed by atoms with E-state index in [4.69, 9.17) is 0 Å². The first-order valence-electron chi connectivity index (χ1n) is 3.69. The third kappa shape index (κ3) is 3.32. The van der Waals surface area contributed by atoms with Crippen LogP contribution in [-0.2, 0) is 0 Å². The largest absolute Gasteiger partial charge is 0.294 e. The Hall–Kier alpha value is 0.580. The Bertz CT molecular complexity index is 325. The second-order valence-corrected chi connectivity index (χ2v) is 5.36. The zero-order valence-corrected chi connectivity index (χ0v) is 12.0. The Labute approximate surface area is 108 Å². The molecule has 0 spiro atoms. The molecule has 0 fully saturated rings. The van der Waals surface area contributed by atoms with Crippen LogP contribution >= 0.6 is 54.5 Å². The van der Waals surface area contributed by atoms with E-state index in [1.165, 1.54) is 0 Å². The number of halogens is 3. The summed E-state index contributed by atoms with van der Waals surface area (Å²) >= 11 is 8.79. The molecule has 0 unspecified atom stereocenters. The fraction of sp³-hybridized carbons (Fsp3) is 0.222. The van der Waals surface area contributed by atoms with E-state index in [1.54, 1.807) is 0 Å². The average molecular weight is 418 g/mol. The molecule has 0 amide bonds. The van der Waals surface area contributed by atoms with Crippen LogP contribution in [0.1, 0.15) is 16.8 Å². The third-order valence-electron chi connectivity index (χ3n) is 1.55. The molecule has 0 aliphatic rings. The zero-order chi connectivity index (χ0) is 9.84. The van der Waals surface area contributed by atoms with Gasteiger partial charge in [-0.3, -0.25) is 4.79 Å². The zero-order valence-electron chi connectivity index (χ0n) is 6.69. The SMILES string of the molecule is O=C(CCBr)c1ccc(Br)cc1I. The van der Waals surface area contributed by atoms with Crippen molar-refractivity contribution < 1.29 is 4.79 Å². The van der Waals surface area contributed by atoms with Crippen LogP contribution in [-0.4, -0.2) is 11.1 Å². The highest BCUT2D eigenvalue weighted by Crippen LogP contribution is 2.19. The molecule has 0 saturated heterocycles. The van der Waals surface area contributed by atoms with Gasteiger partial charge in [0.25, 0.3) is 0 Å². The van der Waals surface area contributed by atoms with Gasteiger partial charge in [-0.1, -0.05) is 31.9 Å². The Kier molecular flexibility index (Phi) is 4.89. The minimum absolute atomic E-state index is 0.189. The topological polar surface area (TPSA) is 17.1 Å². The van der Waals surface area contributed by atoms with Crippen molar-refractivity contribution in [3.05, 3.63) is 31.8 Å². The van der Waals surface area contributed by atoms with Crippen molar-refractivity contribution in [3.63, 3.8) is 0 Å². The molecular formula is C9H7Br2IO. The highest BCUT2D eigenvalue weighted by molar-refractivity contribution is 14.1. The highest BCUT2D eigenvalue weighted by Gasteiger charge is 2.08. The van der Waals surface area contributed by atoms with Crippen molar-refractivity contribution in [2.75, 3.05) is 5.33 Å². The molecule has 70 valence electrons. The summed E-state index contributed by atoms with van der Waals surface area (Å²) < 4.78 is 2.00. The summed E-state index contributed by atoms with van der Waals surface area (Å²) in [4.78, 5) is 11.5. The molecule has 13 heavy (non-hydrogen) atoms. The number of ketones is 1. The van der Waals surface area contributed by atoms with E-state index in [0.29, 0.717) is 6.42 Å². The molecule has 0 bridgehead atoms. The molecule has 0 aliphatic heterocycles. The van der Waals surface area contributed by atoms with Crippen molar-refractivity contribution in [2.45, 2.75) is 6.42 Å². The smallest absolute Gasteiger partial charge is 0.164 e. The maximum absolute atomic E-state index is 11.5. The van der Waals surface area contributed by atoms with Crippen LogP contribution in [0.4, 0.5) is 0 Å². The van der Waals surface area contributed by atoms with Crippen LogP contribution in [0.5, 0.6) is 0 Å². The second kappa shape index (κ2) is 5.46. The van der Waals surface area contributed by atoms with Gasteiger partial charge >= 0.3 is 0 Å². The molecule has 1 aromatic rings. The van der Waals surface area contributed by atoms with Gasteiger partial charge in [0.2, 0.25) is 0 Å². The average Bonchev–Trinajstić information content (AvgIpc) is 2.04. The molecule has 0 aromatic heterocycles. The summed E-state index contributed by atoms with van der Waals surface area (Å²) in [6.45, 7) is 0. The standard InChI is InChI=1S/C9H7Br2IO/c10-4-3-9(13)7-2-1-6(11)5-8(7)12/h1-2,5H,3-4H2. The van der Waals surface area contributed by atoms with Crippen LogP contribution in [0, 0.1) is 3.57 Å². The molecule has 4 heteroatoms. The minimum atomic E-state index is 0.189. The van der Waals surface area contributed by atoms with Crippen LogP contribution in [0.3, 0.4) is 0 Å². The quantitative estimate of drug-likeness (QED) is 0.412. The van der Waals surface area contributed by atoms with Gasteiger partial charge in [0, 0.05) is 25.4 Å². The van der Waals surface area contributed by atoms with Crippen molar-refractivity contribution >= 4 is 60.2 Å². The van der Waals surface area contributed by atoms with Gasteiger partial charge < -0.3 is 0 Å². The molecule has 0 saturated carbocycles. The lowest BCUT2D eigenvalue weighted by Crippen LogP contribution is -2.01. The molecule has 1 aromatic carbocycles. The van der Waals surface area contributed by atoms with E-state index >= 15 is 0 Å². The van der Waals surface area contributed by atoms with Crippen molar-refractivity contribution in [2.24, 2.45) is 0 Å². The molecule has 0 atom stereocenters. The lowest BCUT2D eigenvalue weighted by Gasteiger charge is -2.02. The minimum Gasteiger partial charge on any atom is -0.294 e. The van der Waals surface area contributed by atoms with E-state index in [2.05, 4.69) is 54.5 Å². The summed E-state index contributed by atoms with van der Waals surface area (Å²) in [6, 6.07) is 5.70. The molecule has 0 N–H and O–H groups in total. The number of Topliss-reactive ketones (excluding diaryl/α,β-unsaturated/α-hetero) is 1. The third-order valence-corrected chi connectivity index (χ3v) is 3.34. The lowest BCUT2D eigenvalue weighted by molar-refractivity contribution is 0.0989. The Morgan fingerprint density at radius 2 is 2.15 bits per heavy atom. The first kappa shape index (κ1) is 11.7. The van der Waals surface area contributed by atoms with E-state index in [1.807, 2.05) is 18.2 Å². The summed E-state index contributed by atoms with van der Waals surface area (Å²) in [7, 11) is 0.